The molecule has 0 spiro atoms. The summed E-state index contributed by atoms with van der Waals surface area (Å²) in [5, 5.41) is 0.561. The molecule has 0 aliphatic heterocycles. The van der Waals surface area contributed by atoms with Gasteiger partial charge in [0.05, 0.1) is 5.69 Å². The Morgan fingerprint density at radius 2 is 2.00 bits per heavy atom. The first-order chi connectivity index (χ1) is 6.83. The second-order valence-electron chi connectivity index (χ2n) is 3.49. The Kier molecular flexibility index (Phi) is 5.02. The van der Waals surface area contributed by atoms with Gasteiger partial charge in [-0.05, 0) is 24.3 Å². The molecule has 0 saturated heterocycles. The van der Waals surface area contributed by atoms with Crippen molar-refractivity contribution in [3.05, 3.63) is 30.1 Å². The lowest BCUT2D eigenvalue weighted by molar-refractivity contribution is 0.476. The van der Waals surface area contributed by atoms with E-state index in [1.54, 1.807) is 0 Å². The zero-order chi connectivity index (χ0) is 10.4. The Labute approximate surface area is 91.3 Å². The van der Waals surface area contributed by atoms with Gasteiger partial charge < -0.3 is 0 Å². The highest BCUT2D eigenvalue weighted by atomic mass is 32.2. The molecule has 0 aliphatic carbocycles. The average molecular weight is 209 g/mol. The van der Waals surface area contributed by atoms with Crippen molar-refractivity contribution in [1.82, 2.24) is 4.98 Å². The van der Waals surface area contributed by atoms with Gasteiger partial charge in [0, 0.05) is 11.4 Å². The molecular weight excluding hydrogens is 190 g/mol. The number of rotatable bonds is 5. The molecule has 0 radical (unpaired) electrons. The van der Waals surface area contributed by atoms with E-state index in [0.717, 1.165) is 5.92 Å². The molecule has 1 heterocycles. The maximum atomic E-state index is 4.45. The number of pyridine rings is 1. The van der Waals surface area contributed by atoms with Crippen LogP contribution in [0.5, 0.6) is 0 Å². The number of nitrogens with zero attached hydrogens (tertiary/aromatic N) is 1. The van der Waals surface area contributed by atoms with Crippen molar-refractivity contribution in [2.45, 2.75) is 31.9 Å². The van der Waals surface area contributed by atoms with Crippen molar-refractivity contribution in [2.75, 3.05) is 6.26 Å². The van der Waals surface area contributed by atoms with Crippen LogP contribution in [0, 0.1) is 5.92 Å². The molecule has 1 rings (SSSR count). The predicted octanol–water partition coefficient (Wildman–Crippen LogP) is 3.92. The number of hydrogen-bond donors (Lipinski definition) is 0. The second kappa shape index (κ2) is 6.07. The molecule has 14 heavy (non-hydrogen) atoms. The van der Waals surface area contributed by atoms with Crippen molar-refractivity contribution < 1.29 is 0 Å². The van der Waals surface area contributed by atoms with E-state index in [1.165, 1.54) is 18.5 Å². The topological polar surface area (TPSA) is 12.9 Å². The maximum Gasteiger partial charge on any atom is 0.0536 e. The maximum absolute atomic E-state index is 4.45. The molecule has 1 nitrogen and oxygen atoms in total. The van der Waals surface area contributed by atoms with Crippen LogP contribution in [0.3, 0.4) is 0 Å². The first-order valence-corrected chi connectivity index (χ1v) is 6.56. The molecule has 1 atom stereocenters. The van der Waals surface area contributed by atoms with Gasteiger partial charge in [0.15, 0.2) is 0 Å². The quantitative estimate of drug-likeness (QED) is 0.729. The van der Waals surface area contributed by atoms with Crippen LogP contribution in [0.1, 0.15) is 37.6 Å². The minimum atomic E-state index is 0.561. The summed E-state index contributed by atoms with van der Waals surface area (Å²) in [7, 11) is 0. The molecule has 2 heteroatoms. The summed E-state index contributed by atoms with van der Waals surface area (Å²) in [5.41, 5.74) is 1.23. The second-order valence-corrected chi connectivity index (χ2v) is 4.47. The van der Waals surface area contributed by atoms with Crippen LogP contribution in [0.4, 0.5) is 0 Å². The van der Waals surface area contributed by atoms with Gasteiger partial charge in [-0.3, -0.25) is 4.98 Å². The molecule has 1 aromatic heterocycles. The van der Waals surface area contributed by atoms with E-state index in [-0.39, 0.29) is 0 Å². The van der Waals surface area contributed by atoms with Crippen LogP contribution in [0.15, 0.2) is 24.4 Å². The average Bonchev–Trinajstić information content (AvgIpc) is 2.27. The first kappa shape index (κ1) is 11.6. The van der Waals surface area contributed by atoms with Crippen molar-refractivity contribution in [1.29, 1.82) is 0 Å². The number of hydrogen-bond acceptors (Lipinski definition) is 2. The number of thioether (sulfide) groups is 1. The standard InChI is InChI=1S/C12H19NS/c1-4-10(5-2)12(14-3)11-8-6-7-9-13-11/h6-10,12H,4-5H2,1-3H3. The van der Waals surface area contributed by atoms with E-state index < -0.39 is 0 Å². The third kappa shape index (κ3) is 2.74. The van der Waals surface area contributed by atoms with Gasteiger partial charge in [0.2, 0.25) is 0 Å². The molecule has 0 saturated carbocycles. The van der Waals surface area contributed by atoms with Crippen LogP contribution in [0.25, 0.3) is 0 Å². The molecule has 78 valence electrons. The van der Waals surface area contributed by atoms with Gasteiger partial charge >= 0.3 is 0 Å². The van der Waals surface area contributed by atoms with E-state index >= 15 is 0 Å². The van der Waals surface area contributed by atoms with E-state index in [0.29, 0.717) is 5.25 Å². The van der Waals surface area contributed by atoms with Gasteiger partial charge in [0.25, 0.3) is 0 Å². The molecular formula is C12H19NS. The van der Waals surface area contributed by atoms with Crippen LogP contribution in [0.2, 0.25) is 0 Å². The predicted molar refractivity (Wildman–Crippen MR) is 64.6 cm³/mol. The Morgan fingerprint density at radius 3 is 2.43 bits per heavy atom. The van der Waals surface area contributed by atoms with Gasteiger partial charge in [-0.2, -0.15) is 11.8 Å². The van der Waals surface area contributed by atoms with Gasteiger partial charge in [-0.15, -0.1) is 0 Å². The Balaban J connectivity index is 2.81. The molecule has 1 unspecified atom stereocenters. The van der Waals surface area contributed by atoms with Gasteiger partial charge in [-0.25, -0.2) is 0 Å². The highest BCUT2D eigenvalue weighted by molar-refractivity contribution is 7.98. The van der Waals surface area contributed by atoms with Gasteiger partial charge in [-0.1, -0.05) is 32.8 Å². The van der Waals surface area contributed by atoms with Crippen molar-refractivity contribution in [2.24, 2.45) is 5.92 Å². The molecule has 0 bridgehead atoms. The Bertz CT molecular complexity index is 244. The fourth-order valence-electron chi connectivity index (χ4n) is 1.82. The Hall–Kier alpha value is -0.500. The zero-order valence-corrected chi connectivity index (χ0v) is 10.1. The summed E-state index contributed by atoms with van der Waals surface area (Å²) in [6.07, 6.45) is 6.54. The summed E-state index contributed by atoms with van der Waals surface area (Å²) >= 11 is 1.92. The zero-order valence-electron chi connectivity index (χ0n) is 9.23. The SMILES string of the molecule is CCC(CC)C(SC)c1ccccn1. The third-order valence-electron chi connectivity index (χ3n) is 2.71. The fraction of sp³-hybridized carbons (Fsp3) is 0.583. The van der Waals surface area contributed by atoms with E-state index in [1.807, 2.05) is 24.0 Å². The summed E-state index contributed by atoms with van der Waals surface area (Å²) < 4.78 is 0. The van der Waals surface area contributed by atoms with Crippen molar-refractivity contribution >= 4 is 11.8 Å². The summed E-state index contributed by atoms with van der Waals surface area (Å²) in [6.45, 7) is 4.53. The van der Waals surface area contributed by atoms with Crippen LogP contribution in [-0.2, 0) is 0 Å². The normalized spacial score (nSPS) is 13.1. The molecule has 0 aliphatic rings. The lowest BCUT2D eigenvalue weighted by atomic mass is 9.96. The lowest BCUT2D eigenvalue weighted by Crippen LogP contribution is -2.09. The molecule has 0 amide bonds. The van der Waals surface area contributed by atoms with Crippen molar-refractivity contribution in [3.63, 3.8) is 0 Å². The smallest absolute Gasteiger partial charge is 0.0536 e. The fourth-order valence-corrected chi connectivity index (χ4v) is 2.97. The lowest BCUT2D eigenvalue weighted by Gasteiger charge is -2.22. The summed E-state index contributed by atoms with van der Waals surface area (Å²) in [5.74, 6) is 0.750. The van der Waals surface area contributed by atoms with Crippen molar-refractivity contribution in [3.8, 4) is 0 Å². The molecule has 1 aromatic rings. The largest absolute Gasteiger partial charge is 0.260 e. The van der Waals surface area contributed by atoms with Crippen LogP contribution in [-0.4, -0.2) is 11.2 Å². The highest BCUT2D eigenvalue weighted by Crippen LogP contribution is 2.36. The molecule has 0 aromatic carbocycles. The van der Waals surface area contributed by atoms with Crippen LogP contribution >= 0.6 is 11.8 Å². The highest BCUT2D eigenvalue weighted by Gasteiger charge is 2.19. The van der Waals surface area contributed by atoms with Gasteiger partial charge in [0.1, 0.15) is 0 Å². The van der Waals surface area contributed by atoms with E-state index in [4.69, 9.17) is 0 Å². The number of aromatic nitrogens is 1. The van der Waals surface area contributed by atoms with E-state index in [9.17, 15) is 0 Å². The first-order valence-electron chi connectivity index (χ1n) is 5.27. The minimum Gasteiger partial charge on any atom is -0.260 e. The third-order valence-corrected chi connectivity index (χ3v) is 3.84. The monoisotopic (exact) mass is 209 g/mol. The van der Waals surface area contributed by atoms with E-state index in [2.05, 4.69) is 37.2 Å². The molecule has 0 N–H and O–H groups in total. The summed E-state index contributed by atoms with van der Waals surface area (Å²) in [4.78, 5) is 4.45. The van der Waals surface area contributed by atoms with Crippen LogP contribution < -0.4 is 0 Å². The Morgan fingerprint density at radius 1 is 1.29 bits per heavy atom. The molecule has 0 fully saturated rings. The minimum absolute atomic E-state index is 0.561. The summed E-state index contributed by atoms with van der Waals surface area (Å²) in [6, 6.07) is 6.20.